The first-order valence-corrected chi connectivity index (χ1v) is 8.38. The first kappa shape index (κ1) is 17.2. The number of amides is 2. The molecule has 1 fully saturated rings. The number of rotatable bonds is 5. The summed E-state index contributed by atoms with van der Waals surface area (Å²) < 4.78 is 5.30. The molecule has 0 bridgehead atoms. The quantitative estimate of drug-likeness (QED) is 0.908. The van der Waals surface area contributed by atoms with E-state index >= 15 is 0 Å². The zero-order chi connectivity index (χ0) is 17.6. The van der Waals surface area contributed by atoms with E-state index in [1.54, 1.807) is 4.90 Å². The van der Waals surface area contributed by atoms with Gasteiger partial charge in [0, 0.05) is 13.1 Å². The SMILES string of the molecule is Cc1ccc(CNC(=O)C2COCC(=O)N2Cc2ccccc2)cc1. The van der Waals surface area contributed by atoms with Gasteiger partial charge in [-0.2, -0.15) is 0 Å². The molecule has 0 spiro atoms. The fraction of sp³-hybridized carbons (Fsp3) is 0.300. The highest BCUT2D eigenvalue weighted by molar-refractivity contribution is 5.89. The summed E-state index contributed by atoms with van der Waals surface area (Å²) in [4.78, 5) is 26.4. The van der Waals surface area contributed by atoms with Gasteiger partial charge in [0.1, 0.15) is 12.6 Å². The minimum absolute atomic E-state index is 0.0224. The molecule has 0 aliphatic carbocycles. The first-order valence-electron chi connectivity index (χ1n) is 8.38. The summed E-state index contributed by atoms with van der Waals surface area (Å²) >= 11 is 0. The van der Waals surface area contributed by atoms with Crippen molar-refractivity contribution in [1.29, 1.82) is 0 Å². The van der Waals surface area contributed by atoms with Crippen LogP contribution in [0.15, 0.2) is 54.6 Å². The smallest absolute Gasteiger partial charge is 0.249 e. The summed E-state index contributed by atoms with van der Waals surface area (Å²) in [6.45, 7) is 3.11. The Bertz CT molecular complexity index is 728. The fourth-order valence-electron chi connectivity index (χ4n) is 2.81. The lowest BCUT2D eigenvalue weighted by Crippen LogP contribution is -2.55. The van der Waals surface area contributed by atoms with E-state index in [1.807, 2.05) is 61.5 Å². The van der Waals surface area contributed by atoms with Gasteiger partial charge < -0.3 is 15.0 Å². The van der Waals surface area contributed by atoms with E-state index in [0.717, 1.165) is 11.1 Å². The van der Waals surface area contributed by atoms with Crippen LogP contribution >= 0.6 is 0 Å². The molecule has 2 aromatic rings. The molecule has 5 nitrogen and oxygen atoms in total. The molecule has 1 aliphatic rings. The van der Waals surface area contributed by atoms with Gasteiger partial charge in [0.05, 0.1) is 6.61 Å². The predicted octanol–water partition coefficient (Wildman–Crippen LogP) is 2.04. The highest BCUT2D eigenvalue weighted by Gasteiger charge is 2.33. The van der Waals surface area contributed by atoms with Crippen LogP contribution in [0.2, 0.25) is 0 Å². The Morgan fingerprint density at radius 1 is 1.12 bits per heavy atom. The number of morpholine rings is 1. The van der Waals surface area contributed by atoms with Crippen molar-refractivity contribution in [2.24, 2.45) is 0 Å². The molecule has 2 aromatic carbocycles. The van der Waals surface area contributed by atoms with Gasteiger partial charge in [0.25, 0.3) is 0 Å². The van der Waals surface area contributed by atoms with Crippen molar-refractivity contribution in [2.45, 2.75) is 26.1 Å². The topological polar surface area (TPSA) is 58.6 Å². The van der Waals surface area contributed by atoms with Gasteiger partial charge in [-0.05, 0) is 18.1 Å². The number of ether oxygens (including phenoxy) is 1. The maximum atomic E-state index is 12.6. The molecule has 1 heterocycles. The van der Waals surface area contributed by atoms with E-state index in [-0.39, 0.29) is 25.0 Å². The standard InChI is InChI=1S/C20H22N2O3/c1-15-7-9-16(10-8-15)11-21-20(24)18-13-25-14-19(23)22(18)12-17-5-3-2-4-6-17/h2-10,18H,11-14H2,1H3,(H,21,24). The maximum Gasteiger partial charge on any atom is 0.249 e. The van der Waals surface area contributed by atoms with Crippen LogP contribution in [0.5, 0.6) is 0 Å². The minimum atomic E-state index is -0.605. The average molecular weight is 338 g/mol. The molecule has 130 valence electrons. The summed E-state index contributed by atoms with van der Waals surface area (Å²) in [7, 11) is 0. The van der Waals surface area contributed by atoms with Crippen LogP contribution in [-0.4, -0.2) is 36.0 Å². The number of carbonyl (C=O) groups excluding carboxylic acids is 2. The molecule has 1 saturated heterocycles. The van der Waals surface area contributed by atoms with Crippen LogP contribution in [0.4, 0.5) is 0 Å². The summed E-state index contributed by atoms with van der Waals surface area (Å²) in [5.41, 5.74) is 3.20. The molecule has 1 atom stereocenters. The zero-order valence-corrected chi connectivity index (χ0v) is 14.3. The monoisotopic (exact) mass is 338 g/mol. The number of aryl methyl sites for hydroxylation is 1. The van der Waals surface area contributed by atoms with Gasteiger partial charge in [-0.1, -0.05) is 60.2 Å². The lowest BCUT2D eigenvalue weighted by Gasteiger charge is -2.34. The van der Waals surface area contributed by atoms with E-state index < -0.39 is 6.04 Å². The predicted molar refractivity (Wildman–Crippen MR) is 94.6 cm³/mol. The Morgan fingerprint density at radius 3 is 2.56 bits per heavy atom. The number of hydrogen-bond donors (Lipinski definition) is 1. The van der Waals surface area contributed by atoms with Crippen molar-refractivity contribution in [2.75, 3.05) is 13.2 Å². The summed E-state index contributed by atoms with van der Waals surface area (Å²) in [6.07, 6.45) is 0. The number of carbonyl (C=O) groups is 2. The van der Waals surface area contributed by atoms with Gasteiger partial charge >= 0.3 is 0 Å². The first-order chi connectivity index (χ1) is 12.1. The number of nitrogens with zero attached hydrogens (tertiary/aromatic N) is 1. The van der Waals surface area contributed by atoms with E-state index in [0.29, 0.717) is 13.1 Å². The van der Waals surface area contributed by atoms with Crippen LogP contribution in [0.25, 0.3) is 0 Å². The number of nitrogens with one attached hydrogen (secondary N) is 1. The Hall–Kier alpha value is -2.66. The second-order valence-corrected chi connectivity index (χ2v) is 6.24. The van der Waals surface area contributed by atoms with Gasteiger partial charge in [0.15, 0.2) is 0 Å². The zero-order valence-electron chi connectivity index (χ0n) is 14.3. The molecule has 1 N–H and O–H groups in total. The lowest BCUT2D eigenvalue weighted by atomic mass is 10.1. The third kappa shape index (κ3) is 4.45. The summed E-state index contributed by atoms with van der Waals surface area (Å²) in [5, 5.41) is 2.91. The van der Waals surface area contributed by atoms with Crippen molar-refractivity contribution < 1.29 is 14.3 Å². The summed E-state index contributed by atoms with van der Waals surface area (Å²) in [6, 6.07) is 17.1. The fourth-order valence-corrected chi connectivity index (χ4v) is 2.81. The Balaban J connectivity index is 1.65. The van der Waals surface area contributed by atoms with Crippen molar-refractivity contribution in [3.05, 3.63) is 71.3 Å². The molecule has 0 saturated carbocycles. The highest BCUT2D eigenvalue weighted by Crippen LogP contribution is 2.14. The van der Waals surface area contributed by atoms with E-state index in [2.05, 4.69) is 5.32 Å². The maximum absolute atomic E-state index is 12.6. The van der Waals surface area contributed by atoms with Gasteiger partial charge in [-0.15, -0.1) is 0 Å². The van der Waals surface area contributed by atoms with Crippen LogP contribution in [-0.2, 0) is 27.4 Å². The Labute approximate surface area is 147 Å². The molecule has 25 heavy (non-hydrogen) atoms. The van der Waals surface area contributed by atoms with Crippen molar-refractivity contribution in [3.8, 4) is 0 Å². The number of benzene rings is 2. The van der Waals surface area contributed by atoms with Crippen LogP contribution in [0.1, 0.15) is 16.7 Å². The minimum Gasteiger partial charge on any atom is -0.369 e. The van der Waals surface area contributed by atoms with Crippen molar-refractivity contribution in [1.82, 2.24) is 10.2 Å². The normalized spacial score (nSPS) is 17.4. The molecule has 5 heteroatoms. The highest BCUT2D eigenvalue weighted by atomic mass is 16.5. The Kier molecular flexibility index (Phi) is 5.46. The number of hydrogen-bond acceptors (Lipinski definition) is 3. The van der Waals surface area contributed by atoms with Gasteiger partial charge in [0.2, 0.25) is 11.8 Å². The largest absolute Gasteiger partial charge is 0.369 e. The molecule has 0 aromatic heterocycles. The van der Waals surface area contributed by atoms with Crippen LogP contribution in [0, 0.1) is 6.92 Å². The second-order valence-electron chi connectivity index (χ2n) is 6.24. The molecule has 1 unspecified atom stereocenters. The van der Waals surface area contributed by atoms with Gasteiger partial charge in [-0.3, -0.25) is 9.59 Å². The third-order valence-electron chi connectivity index (χ3n) is 4.28. The molecule has 3 rings (SSSR count). The van der Waals surface area contributed by atoms with Crippen molar-refractivity contribution in [3.63, 3.8) is 0 Å². The molecule has 1 aliphatic heterocycles. The van der Waals surface area contributed by atoms with Crippen LogP contribution < -0.4 is 5.32 Å². The van der Waals surface area contributed by atoms with Gasteiger partial charge in [-0.25, -0.2) is 0 Å². The van der Waals surface area contributed by atoms with E-state index in [1.165, 1.54) is 5.56 Å². The third-order valence-corrected chi connectivity index (χ3v) is 4.28. The van der Waals surface area contributed by atoms with E-state index in [4.69, 9.17) is 4.74 Å². The molecular formula is C20H22N2O3. The summed E-state index contributed by atoms with van der Waals surface area (Å²) in [5.74, 6) is -0.352. The van der Waals surface area contributed by atoms with Crippen LogP contribution in [0.3, 0.4) is 0 Å². The molecule has 0 radical (unpaired) electrons. The van der Waals surface area contributed by atoms with E-state index in [9.17, 15) is 9.59 Å². The average Bonchev–Trinajstić information content (AvgIpc) is 2.63. The molecular weight excluding hydrogens is 316 g/mol. The second kappa shape index (κ2) is 7.94. The molecule has 2 amide bonds. The Morgan fingerprint density at radius 2 is 1.84 bits per heavy atom. The lowest BCUT2D eigenvalue weighted by molar-refractivity contribution is -0.155. The van der Waals surface area contributed by atoms with Crippen molar-refractivity contribution >= 4 is 11.8 Å².